The van der Waals surface area contributed by atoms with Crippen LogP contribution in [0.1, 0.15) is 25.3 Å². The standard InChI is InChI=1S/C16H20N2OS/c1-3-4-11-19-16-8-6-5-7-14(16)15(12-20-2)18-10-9-17-13-18/h5-10,12-13H,3-4,11H2,1-2H3/b15-12-. The van der Waals surface area contributed by atoms with E-state index < -0.39 is 0 Å². The average Bonchev–Trinajstić information content (AvgIpc) is 3.00. The van der Waals surface area contributed by atoms with Crippen molar-refractivity contribution in [1.29, 1.82) is 0 Å². The summed E-state index contributed by atoms with van der Waals surface area (Å²) in [4.78, 5) is 4.13. The first kappa shape index (κ1) is 14.7. The molecule has 4 heteroatoms. The fourth-order valence-corrected chi connectivity index (χ4v) is 2.38. The van der Waals surface area contributed by atoms with Crippen LogP contribution in [0.2, 0.25) is 0 Å². The molecule has 20 heavy (non-hydrogen) atoms. The predicted octanol–water partition coefficient (Wildman–Crippen LogP) is 4.27. The Morgan fingerprint density at radius 2 is 2.25 bits per heavy atom. The van der Waals surface area contributed by atoms with E-state index >= 15 is 0 Å². The zero-order valence-electron chi connectivity index (χ0n) is 12.0. The van der Waals surface area contributed by atoms with Crippen molar-refractivity contribution in [3.63, 3.8) is 0 Å². The summed E-state index contributed by atoms with van der Waals surface area (Å²) in [6.07, 6.45) is 9.81. The van der Waals surface area contributed by atoms with Crippen molar-refractivity contribution in [2.24, 2.45) is 0 Å². The molecule has 0 aliphatic carbocycles. The number of rotatable bonds is 7. The van der Waals surface area contributed by atoms with Crippen LogP contribution in [0.4, 0.5) is 0 Å². The molecular formula is C16H20N2OS. The van der Waals surface area contributed by atoms with Crippen molar-refractivity contribution in [2.75, 3.05) is 12.9 Å². The van der Waals surface area contributed by atoms with E-state index in [4.69, 9.17) is 4.74 Å². The lowest BCUT2D eigenvalue weighted by Gasteiger charge is -2.14. The number of hydrogen-bond donors (Lipinski definition) is 0. The molecule has 2 aromatic rings. The molecule has 1 heterocycles. The molecule has 0 amide bonds. The third-order valence-electron chi connectivity index (χ3n) is 2.93. The fraction of sp³-hybridized carbons (Fsp3) is 0.312. The largest absolute Gasteiger partial charge is 0.493 e. The van der Waals surface area contributed by atoms with Crippen LogP contribution in [0, 0.1) is 0 Å². The second kappa shape index (κ2) is 7.80. The van der Waals surface area contributed by atoms with E-state index in [1.807, 2.05) is 35.3 Å². The van der Waals surface area contributed by atoms with E-state index in [0.29, 0.717) is 0 Å². The van der Waals surface area contributed by atoms with Gasteiger partial charge in [0, 0.05) is 18.0 Å². The Morgan fingerprint density at radius 3 is 2.95 bits per heavy atom. The Morgan fingerprint density at radius 1 is 1.40 bits per heavy atom. The zero-order valence-corrected chi connectivity index (χ0v) is 12.8. The number of thioether (sulfide) groups is 1. The number of imidazole rings is 1. The summed E-state index contributed by atoms with van der Waals surface area (Å²) in [7, 11) is 0. The molecule has 106 valence electrons. The van der Waals surface area contributed by atoms with Gasteiger partial charge in [0.15, 0.2) is 0 Å². The van der Waals surface area contributed by atoms with Gasteiger partial charge in [0.05, 0.1) is 18.6 Å². The minimum atomic E-state index is 0.754. The van der Waals surface area contributed by atoms with Gasteiger partial charge >= 0.3 is 0 Å². The second-order valence-electron chi connectivity index (χ2n) is 4.41. The third kappa shape index (κ3) is 3.67. The maximum absolute atomic E-state index is 5.92. The van der Waals surface area contributed by atoms with E-state index in [1.54, 1.807) is 18.0 Å². The van der Waals surface area contributed by atoms with Crippen molar-refractivity contribution in [2.45, 2.75) is 19.8 Å². The molecule has 0 saturated carbocycles. The third-order valence-corrected chi connectivity index (χ3v) is 3.39. The number of aromatic nitrogens is 2. The molecule has 0 atom stereocenters. The molecule has 0 fully saturated rings. The molecule has 0 bridgehead atoms. The van der Waals surface area contributed by atoms with E-state index in [0.717, 1.165) is 36.5 Å². The highest BCUT2D eigenvalue weighted by molar-refractivity contribution is 8.01. The van der Waals surface area contributed by atoms with Crippen molar-refractivity contribution >= 4 is 17.5 Å². The highest BCUT2D eigenvalue weighted by Gasteiger charge is 2.10. The summed E-state index contributed by atoms with van der Waals surface area (Å²) < 4.78 is 7.93. The number of hydrogen-bond acceptors (Lipinski definition) is 3. The Bertz CT molecular complexity index is 549. The van der Waals surface area contributed by atoms with Crippen LogP contribution in [-0.2, 0) is 0 Å². The first-order valence-corrected chi connectivity index (χ1v) is 8.09. The van der Waals surface area contributed by atoms with Crippen molar-refractivity contribution < 1.29 is 4.74 Å². The molecule has 0 N–H and O–H groups in total. The van der Waals surface area contributed by atoms with Crippen LogP contribution in [0.25, 0.3) is 5.70 Å². The van der Waals surface area contributed by atoms with Gasteiger partial charge in [0.1, 0.15) is 5.75 Å². The average molecular weight is 288 g/mol. The summed E-state index contributed by atoms with van der Waals surface area (Å²) in [5.74, 6) is 0.926. The number of unbranched alkanes of at least 4 members (excludes halogenated alkanes) is 1. The van der Waals surface area contributed by atoms with Crippen LogP contribution in [0.3, 0.4) is 0 Å². The molecule has 0 unspecified atom stereocenters. The van der Waals surface area contributed by atoms with Gasteiger partial charge in [-0.1, -0.05) is 25.5 Å². The molecular weight excluding hydrogens is 268 g/mol. The summed E-state index contributed by atoms with van der Waals surface area (Å²) in [5.41, 5.74) is 2.18. The number of benzene rings is 1. The van der Waals surface area contributed by atoms with Gasteiger partial charge in [-0.15, -0.1) is 11.8 Å². The molecule has 0 spiro atoms. The lowest BCUT2D eigenvalue weighted by molar-refractivity contribution is 0.308. The molecule has 0 saturated heterocycles. The maximum atomic E-state index is 5.92. The molecule has 1 aromatic carbocycles. The van der Waals surface area contributed by atoms with Crippen molar-refractivity contribution in [3.8, 4) is 5.75 Å². The molecule has 2 rings (SSSR count). The Labute approximate surface area is 124 Å². The minimum Gasteiger partial charge on any atom is -0.493 e. The van der Waals surface area contributed by atoms with E-state index in [9.17, 15) is 0 Å². The van der Waals surface area contributed by atoms with Gasteiger partial charge < -0.3 is 9.30 Å². The van der Waals surface area contributed by atoms with Crippen LogP contribution in [-0.4, -0.2) is 22.4 Å². The van der Waals surface area contributed by atoms with Crippen LogP contribution >= 0.6 is 11.8 Å². The van der Waals surface area contributed by atoms with Gasteiger partial charge in [-0.25, -0.2) is 4.98 Å². The predicted molar refractivity (Wildman–Crippen MR) is 86.0 cm³/mol. The first-order chi connectivity index (χ1) is 9.86. The molecule has 0 aliphatic heterocycles. The Balaban J connectivity index is 2.31. The fourth-order valence-electron chi connectivity index (χ4n) is 1.91. The van der Waals surface area contributed by atoms with Gasteiger partial charge in [-0.2, -0.15) is 0 Å². The summed E-state index contributed by atoms with van der Waals surface area (Å²) in [5, 5.41) is 2.11. The van der Waals surface area contributed by atoms with Crippen LogP contribution in [0.5, 0.6) is 5.75 Å². The maximum Gasteiger partial charge on any atom is 0.128 e. The smallest absolute Gasteiger partial charge is 0.128 e. The monoisotopic (exact) mass is 288 g/mol. The Hall–Kier alpha value is -1.68. The summed E-state index contributed by atoms with van der Waals surface area (Å²) in [6.45, 7) is 2.92. The first-order valence-electron chi connectivity index (χ1n) is 6.80. The quantitative estimate of drug-likeness (QED) is 0.712. The number of para-hydroxylation sites is 1. The second-order valence-corrected chi connectivity index (χ2v) is 5.11. The van der Waals surface area contributed by atoms with Crippen molar-refractivity contribution in [3.05, 3.63) is 54.0 Å². The van der Waals surface area contributed by atoms with E-state index in [2.05, 4.69) is 29.6 Å². The van der Waals surface area contributed by atoms with E-state index in [1.165, 1.54) is 0 Å². The molecule has 0 radical (unpaired) electrons. The zero-order chi connectivity index (χ0) is 14.2. The number of ether oxygens (including phenoxy) is 1. The summed E-state index contributed by atoms with van der Waals surface area (Å²) >= 11 is 1.67. The Kier molecular flexibility index (Phi) is 5.74. The molecule has 3 nitrogen and oxygen atoms in total. The van der Waals surface area contributed by atoms with Crippen molar-refractivity contribution in [1.82, 2.24) is 9.55 Å². The topological polar surface area (TPSA) is 27.1 Å². The van der Waals surface area contributed by atoms with Gasteiger partial charge in [0.25, 0.3) is 0 Å². The summed E-state index contributed by atoms with van der Waals surface area (Å²) in [6, 6.07) is 8.15. The van der Waals surface area contributed by atoms with Crippen LogP contribution in [0.15, 0.2) is 48.4 Å². The minimum absolute atomic E-state index is 0.754. The van der Waals surface area contributed by atoms with E-state index in [-0.39, 0.29) is 0 Å². The molecule has 1 aromatic heterocycles. The normalized spacial score (nSPS) is 11.6. The SMILES string of the molecule is CCCCOc1ccccc1/C(=C/SC)n1ccnc1. The highest BCUT2D eigenvalue weighted by Crippen LogP contribution is 2.28. The number of nitrogens with zero attached hydrogens (tertiary/aromatic N) is 2. The highest BCUT2D eigenvalue weighted by atomic mass is 32.2. The van der Waals surface area contributed by atoms with Gasteiger partial charge in [-0.05, 0) is 30.2 Å². The lowest BCUT2D eigenvalue weighted by atomic mass is 10.1. The lowest BCUT2D eigenvalue weighted by Crippen LogP contribution is -2.02. The van der Waals surface area contributed by atoms with Crippen LogP contribution < -0.4 is 4.74 Å². The van der Waals surface area contributed by atoms with Gasteiger partial charge in [0.2, 0.25) is 0 Å². The molecule has 0 aliphatic rings. The van der Waals surface area contributed by atoms with Gasteiger partial charge in [-0.3, -0.25) is 0 Å².